The van der Waals surface area contributed by atoms with E-state index >= 15 is 0 Å². The van der Waals surface area contributed by atoms with Gasteiger partial charge in [0.1, 0.15) is 16.9 Å². The lowest BCUT2D eigenvalue weighted by Gasteiger charge is -2.33. The standard InChI is InChI=1S/C19H21ClN2O3.ClH/c1-2-11-9-15-14(16(20)17(11)24)7-8-22-10-19(15,18(21)25)12-3-5-13(23)6-4-12;/h3-6,9,22-24H,2,7-8,10H2,1H3,(H2,21,25);1H. The van der Waals surface area contributed by atoms with Crippen molar-refractivity contribution in [2.45, 2.75) is 25.2 Å². The van der Waals surface area contributed by atoms with Crippen LogP contribution in [0.2, 0.25) is 5.02 Å². The van der Waals surface area contributed by atoms with Gasteiger partial charge < -0.3 is 21.3 Å². The molecule has 1 unspecified atom stereocenters. The lowest BCUT2D eigenvalue weighted by Crippen LogP contribution is -2.49. The topological polar surface area (TPSA) is 95.6 Å². The number of halogens is 2. The SMILES string of the molecule is CCc1cc2c(c(Cl)c1O)CCNCC2(C(N)=O)c1ccc(O)cc1.Cl. The van der Waals surface area contributed by atoms with Crippen molar-refractivity contribution >= 4 is 29.9 Å². The number of phenols is 2. The van der Waals surface area contributed by atoms with Gasteiger partial charge in [-0.3, -0.25) is 4.79 Å². The quantitative estimate of drug-likeness (QED) is 0.641. The van der Waals surface area contributed by atoms with E-state index in [1.54, 1.807) is 12.1 Å². The molecule has 0 aromatic heterocycles. The molecule has 140 valence electrons. The van der Waals surface area contributed by atoms with Gasteiger partial charge in [0.2, 0.25) is 5.91 Å². The van der Waals surface area contributed by atoms with E-state index in [0.717, 1.165) is 11.1 Å². The summed E-state index contributed by atoms with van der Waals surface area (Å²) in [6, 6.07) is 8.30. The Bertz CT molecular complexity index is 825. The van der Waals surface area contributed by atoms with Crippen LogP contribution in [-0.4, -0.2) is 29.2 Å². The molecule has 0 aliphatic carbocycles. The monoisotopic (exact) mass is 396 g/mol. The molecule has 26 heavy (non-hydrogen) atoms. The number of aryl methyl sites for hydroxylation is 1. The average molecular weight is 397 g/mol. The molecule has 1 atom stereocenters. The minimum absolute atomic E-state index is 0. The number of fused-ring (bicyclic) bond motifs is 1. The lowest BCUT2D eigenvalue weighted by atomic mass is 9.71. The number of amides is 1. The van der Waals surface area contributed by atoms with Gasteiger partial charge in [-0.05, 0) is 53.8 Å². The molecule has 5 nitrogen and oxygen atoms in total. The van der Waals surface area contributed by atoms with E-state index in [0.29, 0.717) is 37.1 Å². The third kappa shape index (κ3) is 3.11. The highest BCUT2D eigenvalue weighted by molar-refractivity contribution is 6.33. The zero-order valence-electron chi connectivity index (χ0n) is 14.4. The summed E-state index contributed by atoms with van der Waals surface area (Å²) in [6.07, 6.45) is 1.16. The van der Waals surface area contributed by atoms with Crippen LogP contribution in [0.25, 0.3) is 0 Å². The van der Waals surface area contributed by atoms with Gasteiger partial charge >= 0.3 is 0 Å². The normalized spacial score (nSPS) is 19.2. The first kappa shape index (κ1) is 20.4. The summed E-state index contributed by atoms with van der Waals surface area (Å²) in [6.45, 7) is 2.86. The van der Waals surface area contributed by atoms with Crippen molar-refractivity contribution in [3.8, 4) is 11.5 Å². The molecule has 2 aromatic carbocycles. The van der Waals surface area contributed by atoms with Crippen molar-refractivity contribution in [2.75, 3.05) is 13.1 Å². The van der Waals surface area contributed by atoms with Gasteiger partial charge in [0.25, 0.3) is 0 Å². The summed E-state index contributed by atoms with van der Waals surface area (Å²) in [5, 5.41) is 23.5. The molecule has 0 fully saturated rings. The molecule has 1 aliphatic heterocycles. The van der Waals surface area contributed by atoms with Gasteiger partial charge in [0.05, 0.1) is 5.02 Å². The highest BCUT2D eigenvalue weighted by Gasteiger charge is 2.44. The van der Waals surface area contributed by atoms with Crippen molar-refractivity contribution in [3.05, 3.63) is 57.6 Å². The smallest absolute Gasteiger partial charge is 0.233 e. The molecular weight excluding hydrogens is 375 g/mol. The first-order valence-electron chi connectivity index (χ1n) is 8.25. The van der Waals surface area contributed by atoms with Crippen LogP contribution >= 0.6 is 24.0 Å². The van der Waals surface area contributed by atoms with Gasteiger partial charge in [0, 0.05) is 6.54 Å². The molecule has 1 amide bonds. The van der Waals surface area contributed by atoms with Gasteiger partial charge in [-0.1, -0.05) is 36.7 Å². The number of phenolic OH excluding ortho intramolecular Hbond substituents is 2. The Morgan fingerprint density at radius 1 is 1.31 bits per heavy atom. The molecule has 0 spiro atoms. The van der Waals surface area contributed by atoms with Crippen LogP contribution in [0.5, 0.6) is 11.5 Å². The van der Waals surface area contributed by atoms with E-state index in [1.165, 1.54) is 12.1 Å². The van der Waals surface area contributed by atoms with E-state index < -0.39 is 11.3 Å². The Balaban J connectivity index is 0.00000243. The van der Waals surface area contributed by atoms with Crippen LogP contribution in [0, 0.1) is 0 Å². The molecule has 3 rings (SSSR count). The first-order chi connectivity index (χ1) is 11.9. The predicted molar refractivity (Wildman–Crippen MR) is 104 cm³/mol. The van der Waals surface area contributed by atoms with Crippen molar-refractivity contribution in [1.29, 1.82) is 0 Å². The second-order valence-electron chi connectivity index (χ2n) is 6.32. The second kappa shape index (κ2) is 7.74. The van der Waals surface area contributed by atoms with E-state index in [2.05, 4.69) is 5.32 Å². The fourth-order valence-electron chi connectivity index (χ4n) is 3.58. The number of primary amides is 1. The number of benzene rings is 2. The molecule has 0 saturated heterocycles. The fraction of sp³-hybridized carbons (Fsp3) is 0.316. The number of nitrogens with two attached hydrogens (primary N) is 1. The van der Waals surface area contributed by atoms with Gasteiger partial charge in [-0.15, -0.1) is 12.4 Å². The molecule has 5 N–H and O–H groups in total. The number of hydrogen-bond acceptors (Lipinski definition) is 4. The molecule has 0 saturated carbocycles. The number of carbonyl (C=O) groups excluding carboxylic acids is 1. The Hall–Kier alpha value is -1.95. The largest absolute Gasteiger partial charge is 0.508 e. The van der Waals surface area contributed by atoms with Gasteiger partial charge in [0.15, 0.2) is 0 Å². The number of carbonyl (C=O) groups is 1. The average Bonchev–Trinajstić information content (AvgIpc) is 2.79. The predicted octanol–water partition coefficient (Wildman–Crippen LogP) is 2.65. The Kier molecular flexibility index (Phi) is 6.06. The lowest BCUT2D eigenvalue weighted by molar-refractivity contribution is -0.122. The molecule has 7 heteroatoms. The summed E-state index contributed by atoms with van der Waals surface area (Å²) in [4.78, 5) is 12.7. The molecule has 0 radical (unpaired) electrons. The zero-order chi connectivity index (χ0) is 18.2. The maximum atomic E-state index is 12.7. The van der Waals surface area contributed by atoms with E-state index in [4.69, 9.17) is 17.3 Å². The third-order valence-corrected chi connectivity index (χ3v) is 5.39. The second-order valence-corrected chi connectivity index (χ2v) is 6.70. The first-order valence-corrected chi connectivity index (χ1v) is 8.63. The van der Waals surface area contributed by atoms with Crippen molar-refractivity contribution in [2.24, 2.45) is 5.73 Å². The number of aromatic hydroxyl groups is 2. The summed E-state index contributed by atoms with van der Waals surface area (Å²) < 4.78 is 0. The van der Waals surface area contributed by atoms with Crippen molar-refractivity contribution in [3.63, 3.8) is 0 Å². The Labute approximate surface area is 163 Å². The minimum Gasteiger partial charge on any atom is -0.508 e. The van der Waals surface area contributed by atoms with Gasteiger partial charge in [-0.25, -0.2) is 0 Å². The zero-order valence-corrected chi connectivity index (χ0v) is 16.0. The van der Waals surface area contributed by atoms with Crippen molar-refractivity contribution < 1.29 is 15.0 Å². The molecule has 0 bridgehead atoms. The van der Waals surface area contributed by atoms with Gasteiger partial charge in [-0.2, -0.15) is 0 Å². The number of nitrogens with one attached hydrogen (secondary N) is 1. The van der Waals surface area contributed by atoms with E-state index in [-0.39, 0.29) is 28.9 Å². The Morgan fingerprint density at radius 3 is 2.54 bits per heavy atom. The van der Waals surface area contributed by atoms with Crippen LogP contribution in [0.1, 0.15) is 29.2 Å². The third-order valence-electron chi connectivity index (χ3n) is 4.98. The Morgan fingerprint density at radius 2 is 1.96 bits per heavy atom. The number of rotatable bonds is 3. The molecular formula is C19H22Cl2N2O3. The molecule has 1 aliphatic rings. The van der Waals surface area contributed by atoms with Crippen LogP contribution in [0.3, 0.4) is 0 Å². The highest BCUT2D eigenvalue weighted by atomic mass is 35.5. The highest BCUT2D eigenvalue weighted by Crippen LogP contribution is 2.43. The summed E-state index contributed by atoms with van der Waals surface area (Å²) in [7, 11) is 0. The van der Waals surface area contributed by atoms with E-state index in [9.17, 15) is 15.0 Å². The molecule has 1 heterocycles. The van der Waals surface area contributed by atoms with Crippen molar-refractivity contribution in [1.82, 2.24) is 5.32 Å². The molecule has 2 aromatic rings. The maximum Gasteiger partial charge on any atom is 0.233 e. The van der Waals surface area contributed by atoms with Crippen LogP contribution in [0.4, 0.5) is 0 Å². The summed E-state index contributed by atoms with van der Waals surface area (Å²) in [5.74, 6) is -0.324. The minimum atomic E-state index is -1.12. The number of hydrogen-bond donors (Lipinski definition) is 4. The maximum absolute atomic E-state index is 12.7. The van der Waals surface area contributed by atoms with E-state index in [1.807, 2.05) is 13.0 Å². The summed E-state index contributed by atoms with van der Waals surface area (Å²) >= 11 is 6.44. The van der Waals surface area contributed by atoms with Crippen LogP contribution in [-0.2, 0) is 23.1 Å². The van der Waals surface area contributed by atoms with Crippen LogP contribution in [0.15, 0.2) is 30.3 Å². The fourth-order valence-corrected chi connectivity index (χ4v) is 3.89. The van der Waals surface area contributed by atoms with Crippen LogP contribution < -0.4 is 11.1 Å². The summed E-state index contributed by atoms with van der Waals surface area (Å²) in [5.41, 5.74) is 7.57.